The van der Waals surface area contributed by atoms with Crippen molar-refractivity contribution in [1.82, 2.24) is 5.06 Å². The van der Waals surface area contributed by atoms with Gasteiger partial charge in [0, 0.05) is 5.56 Å². The fourth-order valence-electron chi connectivity index (χ4n) is 2.45. The minimum atomic E-state index is -4.94. The summed E-state index contributed by atoms with van der Waals surface area (Å²) in [5, 5.41) is 0.148. The Labute approximate surface area is 138 Å². The zero-order valence-electron chi connectivity index (χ0n) is 12.9. The van der Waals surface area contributed by atoms with Crippen LogP contribution in [0.4, 0.5) is 13.2 Å². The molecule has 1 aliphatic rings. The lowest BCUT2D eigenvalue weighted by Crippen LogP contribution is -2.33. The van der Waals surface area contributed by atoms with E-state index in [2.05, 4.69) is 9.25 Å². The third-order valence-electron chi connectivity index (χ3n) is 3.78. The molecule has 130 valence electrons. The van der Waals surface area contributed by atoms with Gasteiger partial charge in [0.15, 0.2) is 0 Å². The minimum absolute atomic E-state index is 0.00330. The van der Waals surface area contributed by atoms with Crippen LogP contribution in [0.2, 0.25) is 0 Å². The molecule has 1 aromatic carbocycles. The zero-order chi connectivity index (χ0) is 18.5. The van der Waals surface area contributed by atoms with Crippen LogP contribution in [0.15, 0.2) is 28.7 Å². The highest BCUT2D eigenvalue weighted by Crippen LogP contribution is 2.37. The average Bonchev–Trinajstić information content (AvgIpc) is 2.98. The van der Waals surface area contributed by atoms with Crippen molar-refractivity contribution in [2.75, 3.05) is 0 Å². The van der Waals surface area contributed by atoms with Crippen LogP contribution >= 0.6 is 0 Å². The summed E-state index contributed by atoms with van der Waals surface area (Å²) in [6, 6.07) is 5.69. The smallest absolute Gasteiger partial charge is 0.450 e. The second-order valence-corrected chi connectivity index (χ2v) is 5.31. The molecule has 0 fully saturated rings. The number of benzene rings is 1. The van der Waals surface area contributed by atoms with Gasteiger partial charge in [0.1, 0.15) is 11.3 Å². The van der Waals surface area contributed by atoms with Gasteiger partial charge in [0.2, 0.25) is 5.76 Å². The Morgan fingerprint density at radius 3 is 2.08 bits per heavy atom. The number of carbonyl (C=O) groups is 3. The van der Waals surface area contributed by atoms with Gasteiger partial charge in [0.05, 0.1) is 11.1 Å². The molecule has 0 spiro atoms. The van der Waals surface area contributed by atoms with E-state index < -0.39 is 35.3 Å². The standard InChI is InChI=1S/C16H10F3NO5/c1-7-8(2)24-12(16(17,18)19)11(7)15(23)25-20-13(21)9-5-3-4-6-10(9)14(20)22/h3-6H,1-2H3. The highest BCUT2D eigenvalue weighted by Gasteiger charge is 2.44. The molecule has 0 saturated carbocycles. The monoisotopic (exact) mass is 353 g/mol. The van der Waals surface area contributed by atoms with Crippen molar-refractivity contribution in [3.8, 4) is 0 Å². The van der Waals surface area contributed by atoms with E-state index in [1.807, 2.05) is 0 Å². The summed E-state index contributed by atoms with van der Waals surface area (Å²) >= 11 is 0. The van der Waals surface area contributed by atoms with Gasteiger partial charge in [-0.3, -0.25) is 9.59 Å². The lowest BCUT2D eigenvalue weighted by Gasteiger charge is -2.13. The van der Waals surface area contributed by atoms with E-state index in [0.717, 1.165) is 0 Å². The van der Waals surface area contributed by atoms with E-state index in [-0.39, 0.29) is 27.5 Å². The third-order valence-corrected chi connectivity index (χ3v) is 3.78. The summed E-state index contributed by atoms with van der Waals surface area (Å²) < 4.78 is 43.7. The van der Waals surface area contributed by atoms with Gasteiger partial charge >= 0.3 is 12.1 Å². The number of imide groups is 1. The van der Waals surface area contributed by atoms with E-state index in [4.69, 9.17) is 0 Å². The number of nitrogens with zero attached hydrogens (tertiary/aromatic N) is 1. The van der Waals surface area contributed by atoms with Crippen molar-refractivity contribution in [2.45, 2.75) is 20.0 Å². The SMILES string of the molecule is Cc1oc(C(F)(F)F)c(C(=O)ON2C(=O)c3ccccc3C2=O)c1C. The summed E-state index contributed by atoms with van der Waals surface area (Å²) in [5.41, 5.74) is -0.969. The number of hydrogen-bond acceptors (Lipinski definition) is 5. The number of hydrogen-bond donors (Lipinski definition) is 0. The molecule has 1 aliphatic heterocycles. The maximum atomic E-state index is 13.0. The molecule has 0 bridgehead atoms. The predicted molar refractivity (Wildman–Crippen MR) is 75.5 cm³/mol. The average molecular weight is 353 g/mol. The number of fused-ring (bicyclic) bond motifs is 1. The first-order valence-corrected chi connectivity index (χ1v) is 7.00. The van der Waals surface area contributed by atoms with Crippen molar-refractivity contribution >= 4 is 17.8 Å². The summed E-state index contributed by atoms with van der Waals surface area (Å²) in [6.45, 7) is 2.50. The fourth-order valence-corrected chi connectivity index (χ4v) is 2.45. The number of alkyl halides is 3. The Kier molecular flexibility index (Phi) is 3.66. The van der Waals surface area contributed by atoms with Gasteiger partial charge in [-0.2, -0.15) is 13.2 Å². The predicted octanol–water partition coefficient (Wildman–Crippen LogP) is 3.28. The van der Waals surface area contributed by atoms with Gasteiger partial charge in [-0.1, -0.05) is 17.2 Å². The Bertz CT molecular complexity index is 878. The van der Waals surface area contributed by atoms with Crippen molar-refractivity contribution in [2.24, 2.45) is 0 Å². The van der Waals surface area contributed by atoms with Crippen molar-refractivity contribution in [3.05, 3.63) is 58.0 Å². The first kappa shape index (κ1) is 16.7. The number of halogens is 3. The van der Waals surface area contributed by atoms with E-state index in [0.29, 0.717) is 0 Å². The van der Waals surface area contributed by atoms with Crippen LogP contribution in [0.5, 0.6) is 0 Å². The molecule has 0 saturated heterocycles. The van der Waals surface area contributed by atoms with Gasteiger partial charge in [-0.15, -0.1) is 0 Å². The van der Waals surface area contributed by atoms with Crippen molar-refractivity contribution in [3.63, 3.8) is 0 Å². The second kappa shape index (κ2) is 5.47. The normalized spacial score (nSPS) is 14.0. The maximum absolute atomic E-state index is 13.0. The van der Waals surface area contributed by atoms with Crippen LogP contribution in [0.1, 0.15) is 48.2 Å². The Hall–Kier alpha value is -3.10. The summed E-state index contributed by atoms with van der Waals surface area (Å²) in [4.78, 5) is 41.1. The molecule has 25 heavy (non-hydrogen) atoms. The molecule has 0 radical (unpaired) electrons. The quantitative estimate of drug-likeness (QED) is 0.775. The second-order valence-electron chi connectivity index (χ2n) is 5.31. The van der Waals surface area contributed by atoms with Crippen molar-refractivity contribution in [1.29, 1.82) is 0 Å². The zero-order valence-corrected chi connectivity index (χ0v) is 12.9. The van der Waals surface area contributed by atoms with Crippen LogP contribution < -0.4 is 0 Å². The maximum Gasteiger partial charge on any atom is 0.450 e. The van der Waals surface area contributed by atoms with E-state index in [1.165, 1.54) is 38.1 Å². The number of furan rings is 1. The lowest BCUT2D eigenvalue weighted by molar-refractivity contribution is -0.154. The van der Waals surface area contributed by atoms with Crippen LogP contribution in [-0.2, 0) is 11.0 Å². The van der Waals surface area contributed by atoms with Crippen LogP contribution in [0.25, 0.3) is 0 Å². The largest absolute Gasteiger partial charge is 0.456 e. The van der Waals surface area contributed by atoms with E-state index >= 15 is 0 Å². The molecule has 0 unspecified atom stereocenters. The number of hydroxylamine groups is 2. The molecule has 3 rings (SSSR count). The number of carbonyl (C=O) groups excluding carboxylic acids is 3. The summed E-state index contributed by atoms with van der Waals surface area (Å²) in [5.74, 6) is -5.03. The Balaban J connectivity index is 1.95. The number of amides is 2. The lowest BCUT2D eigenvalue weighted by atomic mass is 10.1. The Morgan fingerprint density at radius 1 is 1.08 bits per heavy atom. The summed E-state index contributed by atoms with van der Waals surface area (Å²) in [6.07, 6.45) is -4.94. The Morgan fingerprint density at radius 2 is 1.60 bits per heavy atom. The van der Waals surface area contributed by atoms with Crippen LogP contribution in [0.3, 0.4) is 0 Å². The van der Waals surface area contributed by atoms with Crippen LogP contribution in [0, 0.1) is 13.8 Å². The molecular formula is C16H10F3NO5. The summed E-state index contributed by atoms with van der Waals surface area (Å²) in [7, 11) is 0. The molecular weight excluding hydrogens is 343 g/mol. The number of rotatable bonds is 2. The first-order chi connectivity index (χ1) is 11.6. The molecule has 0 N–H and O–H groups in total. The molecule has 1 aromatic heterocycles. The highest BCUT2D eigenvalue weighted by atomic mass is 19.4. The molecule has 2 heterocycles. The molecule has 6 nitrogen and oxygen atoms in total. The van der Waals surface area contributed by atoms with Gasteiger partial charge in [-0.25, -0.2) is 4.79 Å². The topological polar surface area (TPSA) is 76.8 Å². The molecule has 9 heteroatoms. The van der Waals surface area contributed by atoms with E-state index in [9.17, 15) is 27.6 Å². The highest BCUT2D eigenvalue weighted by molar-refractivity contribution is 6.21. The van der Waals surface area contributed by atoms with Gasteiger partial charge in [0.25, 0.3) is 11.8 Å². The molecule has 0 aliphatic carbocycles. The van der Waals surface area contributed by atoms with Crippen molar-refractivity contribution < 1.29 is 36.8 Å². The molecule has 2 aromatic rings. The molecule has 0 atom stereocenters. The van der Waals surface area contributed by atoms with E-state index in [1.54, 1.807) is 0 Å². The molecule has 2 amide bonds. The minimum Gasteiger partial charge on any atom is -0.456 e. The third kappa shape index (κ3) is 2.57. The fraction of sp³-hybridized carbons (Fsp3) is 0.188. The van der Waals surface area contributed by atoms with Crippen LogP contribution in [-0.4, -0.2) is 22.8 Å². The van der Waals surface area contributed by atoms with Gasteiger partial charge in [-0.05, 0) is 26.0 Å². The number of aryl methyl sites for hydroxylation is 1. The first-order valence-electron chi connectivity index (χ1n) is 7.00. The van der Waals surface area contributed by atoms with Gasteiger partial charge < -0.3 is 9.25 Å².